The van der Waals surface area contributed by atoms with Crippen LogP contribution in [0.25, 0.3) is 10.4 Å². The molecule has 0 saturated heterocycles. The van der Waals surface area contributed by atoms with Crippen LogP contribution in [0.1, 0.15) is 5.56 Å². The Hall–Kier alpha value is -4.99. The molecule has 0 spiro atoms. The Morgan fingerprint density at radius 2 is 1.17 bits per heavy atom. The third-order valence-corrected chi connectivity index (χ3v) is 12.8. The van der Waals surface area contributed by atoms with Crippen LogP contribution in [0.3, 0.4) is 0 Å². The lowest BCUT2D eigenvalue weighted by molar-refractivity contribution is 1.17. The Kier molecular flexibility index (Phi) is 6.65. The Balaban J connectivity index is 1.37. The van der Waals surface area contributed by atoms with Crippen LogP contribution in [0.15, 0.2) is 161 Å². The van der Waals surface area contributed by atoms with Crippen molar-refractivity contribution < 1.29 is 0 Å². The molecular formula is C37H24N3PS. The molecular weight excluding hydrogens is 549 g/mol. The number of fused-ring (bicyclic) bond motifs is 2. The van der Waals surface area contributed by atoms with Crippen molar-refractivity contribution in [1.29, 1.82) is 5.26 Å². The van der Waals surface area contributed by atoms with E-state index >= 15 is 0 Å². The second-order valence-corrected chi connectivity index (χ2v) is 14.4. The average Bonchev–Trinajstić information content (AvgIpc) is 3.07. The van der Waals surface area contributed by atoms with Gasteiger partial charge in [0.15, 0.2) is 5.44 Å². The normalized spacial score (nSPS) is 14.9. The lowest BCUT2D eigenvalue weighted by Gasteiger charge is -2.33. The maximum Gasteiger partial charge on any atom is 0.196 e. The molecule has 2 aliphatic rings. The molecule has 2 heterocycles. The van der Waals surface area contributed by atoms with E-state index in [1.807, 2.05) is 48.6 Å². The van der Waals surface area contributed by atoms with Gasteiger partial charge in [0.05, 0.1) is 29.3 Å². The highest BCUT2D eigenvalue weighted by atomic mass is 32.2. The number of hydrogen-bond donors (Lipinski definition) is 0. The summed E-state index contributed by atoms with van der Waals surface area (Å²) in [6.07, 6.45) is 4.00. The molecule has 0 unspecified atom stereocenters. The molecule has 3 nitrogen and oxygen atoms in total. The quantitative estimate of drug-likeness (QED) is 0.156. The molecule has 5 aromatic rings. The first-order valence-corrected chi connectivity index (χ1v) is 16.2. The van der Waals surface area contributed by atoms with Crippen LogP contribution in [0.2, 0.25) is 0 Å². The van der Waals surface area contributed by atoms with Crippen molar-refractivity contribution in [3.05, 3.63) is 168 Å². The number of rotatable bonds is 4. The number of allylic oxidation sites excluding steroid dienone is 3. The molecule has 0 bridgehead atoms. The summed E-state index contributed by atoms with van der Waals surface area (Å²) < 4.78 is 0. The molecule has 0 amide bonds. The largest absolute Gasteiger partial charge is 0.308 e. The van der Waals surface area contributed by atoms with E-state index in [0.29, 0.717) is 10.7 Å². The highest BCUT2D eigenvalue weighted by Gasteiger charge is 2.35. The van der Waals surface area contributed by atoms with Crippen LogP contribution in [0, 0.1) is 17.9 Å². The van der Waals surface area contributed by atoms with Crippen LogP contribution in [0.4, 0.5) is 17.1 Å². The standard InChI is InChI=1S/C37H24N3PS/c1-39-37-25-28(24-32(26-38)41(37,30-12-4-2-5-13-30)31-14-6-3-7-15-31)27-20-22-29(23-21-27)40-33-16-8-10-18-35(33)42-36-19-11-9-17-34(36)40/h2-25H. The lowest BCUT2D eigenvalue weighted by atomic mass is 10.0. The first-order valence-electron chi connectivity index (χ1n) is 13.6. The zero-order valence-corrected chi connectivity index (χ0v) is 24.3. The number of anilines is 3. The summed E-state index contributed by atoms with van der Waals surface area (Å²) in [5.74, 6) is 0. The predicted molar refractivity (Wildman–Crippen MR) is 178 cm³/mol. The molecule has 0 N–H and O–H groups in total. The monoisotopic (exact) mass is 573 g/mol. The van der Waals surface area contributed by atoms with Gasteiger partial charge < -0.3 is 4.90 Å². The number of hydrogen-bond acceptors (Lipinski definition) is 3. The topological polar surface area (TPSA) is 31.4 Å². The zero-order valence-electron chi connectivity index (χ0n) is 22.6. The summed E-state index contributed by atoms with van der Waals surface area (Å²) in [5, 5.41) is 13.3. The minimum atomic E-state index is -2.60. The first kappa shape index (κ1) is 25.9. The molecule has 7 rings (SSSR count). The van der Waals surface area contributed by atoms with E-state index in [4.69, 9.17) is 6.57 Å². The molecule has 0 aliphatic carbocycles. The summed E-state index contributed by atoms with van der Waals surface area (Å²) in [4.78, 5) is 8.84. The summed E-state index contributed by atoms with van der Waals surface area (Å²) in [6.45, 7) is 5.70. The Morgan fingerprint density at radius 1 is 0.643 bits per heavy atom. The fourth-order valence-corrected chi connectivity index (χ4v) is 10.7. The van der Waals surface area contributed by atoms with Gasteiger partial charge in [-0.25, -0.2) is 4.85 Å². The number of benzene rings is 5. The van der Waals surface area contributed by atoms with Crippen LogP contribution >= 0.6 is 18.6 Å². The van der Waals surface area contributed by atoms with E-state index in [-0.39, 0.29) is 0 Å². The van der Waals surface area contributed by atoms with E-state index in [2.05, 4.69) is 113 Å². The van der Waals surface area contributed by atoms with Gasteiger partial charge >= 0.3 is 0 Å². The van der Waals surface area contributed by atoms with Crippen LogP contribution in [0.5, 0.6) is 0 Å². The van der Waals surface area contributed by atoms with Crippen molar-refractivity contribution in [1.82, 2.24) is 0 Å². The summed E-state index contributed by atoms with van der Waals surface area (Å²) >= 11 is 1.79. The van der Waals surface area contributed by atoms with E-state index in [0.717, 1.165) is 38.8 Å². The number of nitriles is 1. The van der Waals surface area contributed by atoms with Gasteiger partial charge in [0, 0.05) is 22.4 Å². The van der Waals surface area contributed by atoms with Gasteiger partial charge in [-0.05, 0) is 70.3 Å². The lowest BCUT2D eigenvalue weighted by Crippen LogP contribution is -2.23. The SMILES string of the molecule is [C-]#[N+]C1=CC(c2ccc(N3c4ccccc4Sc4ccccc43)cc2)=CC(C#N)=P1(c1ccccc1)c1ccccc1. The van der Waals surface area contributed by atoms with Crippen molar-refractivity contribution in [3.63, 3.8) is 0 Å². The fourth-order valence-electron chi connectivity index (χ4n) is 5.81. The highest BCUT2D eigenvalue weighted by Crippen LogP contribution is 2.58. The smallest absolute Gasteiger partial charge is 0.196 e. The molecule has 2 aliphatic heterocycles. The zero-order chi connectivity index (χ0) is 28.5. The average molecular weight is 574 g/mol. The van der Waals surface area contributed by atoms with Crippen LogP contribution in [-0.2, 0) is 0 Å². The Morgan fingerprint density at radius 3 is 1.69 bits per heavy atom. The van der Waals surface area contributed by atoms with Gasteiger partial charge in [-0.2, -0.15) is 5.26 Å². The van der Waals surface area contributed by atoms with E-state index < -0.39 is 6.89 Å². The molecule has 5 heteroatoms. The minimum Gasteiger partial charge on any atom is -0.308 e. The van der Waals surface area contributed by atoms with Gasteiger partial charge in [-0.15, -0.1) is 0 Å². The summed E-state index contributed by atoms with van der Waals surface area (Å²) in [6, 6.07) is 48.0. The third-order valence-electron chi connectivity index (χ3n) is 7.69. The van der Waals surface area contributed by atoms with E-state index in [1.54, 1.807) is 11.8 Å². The Bertz CT molecular complexity index is 1940. The van der Waals surface area contributed by atoms with Gasteiger partial charge in [-0.3, -0.25) is 0 Å². The van der Waals surface area contributed by atoms with E-state index in [1.165, 1.54) is 9.79 Å². The first-order chi connectivity index (χ1) is 20.7. The third kappa shape index (κ3) is 4.13. The second-order valence-electron chi connectivity index (χ2n) is 9.97. The van der Waals surface area contributed by atoms with Gasteiger partial charge in [-0.1, -0.05) is 109 Å². The van der Waals surface area contributed by atoms with Crippen molar-refractivity contribution in [2.24, 2.45) is 0 Å². The van der Waals surface area contributed by atoms with Crippen LogP contribution < -0.4 is 15.5 Å². The fraction of sp³-hybridized carbons (Fsp3) is 0. The van der Waals surface area contributed by atoms with Crippen molar-refractivity contribution in [2.45, 2.75) is 9.79 Å². The summed E-state index contributed by atoms with van der Waals surface area (Å²) in [5.41, 5.74) is 5.84. The maximum atomic E-state index is 10.6. The summed E-state index contributed by atoms with van der Waals surface area (Å²) in [7, 11) is 0. The molecule has 0 saturated carbocycles. The van der Waals surface area contributed by atoms with Crippen molar-refractivity contribution in [2.75, 3.05) is 4.90 Å². The molecule has 0 atom stereocenters. The molecule has 0 aromatic heterocycles. The highest BCUT2D eigenvalue weighted by molar-refractivity contribution is 7.99. The maximum absolute atomic E-state index is 10.6. The van der Waals surface area contributed by atoms with Gasteiger partial charge in [0.25, 0.3) is 0 Å². The molecule has 0 fully saturated rings. The predicted octanol–water partition coefficient (Wildman–Crippen LogP) is 9.14. The Labute approximate surface area is 250 Å². The van der Waals surface area contributed by atoms with E-state index in [9.17, 15) is 5.26 Å². The molecule has 5 aromatic carbocycles. The van der Waals surface area contributed by atoms with Crippen LogP contribution in [-0.4, -0.2) is 5.29 Å². The second kappa shape index (κ2) is 10.8. The van der Waals surface area contributed by atoms with Crippen molar-refractivity contribution in [3.8, 4) is 6.07 Å². The minimum absolute atomic E-state index is 0.619. The van der Waals surface area contributed by atoms with Gasteiger partial charge in [0.2, 0.25) is 0 Å². The van der Waals surface area contributed by atoms with Crippen molar-refractivity contribution >= 4 is 57.2 Å². The molecule has 42 heavy (non-hydrogen) atoms. The number of para-hydroxylation sites is 2. The molecule has 198 valence electrons. The molecule has 0 radical (unpaired) electrons. The van der Waals surface area contributed by atoms with Gasteiger partial charge in [0.1, 0.15) is 0 Å². The number of nitrogens with zero attached hydrogens (tertiary/aromatic N) is 3.